The summed E-state index contributed by atoms with van der Waals surface area (Å²) in [5, 5.41) is 0. The van der Waals surface area contributed by atoms with Crippen molar-refractivity contribution in [2.75, 3.05) is 33.0 Å². The molecule has 0 aliphatic heterocycles. The van der Waals surface area contributed by atoms with Crippen molar-refractivity contribution in [1.29, 1.82) is 0 Å². The third-order valence-electron chi connectivity index (χ3n) is 7.77. The van der Waals surface area contributed by atoms with Gasteiger partial charge in [0.25, 0.3) is 0 Å². The summed E-state index contributed by atoms with van der Waals surface area (Å²) in [6, 6.07) is 0. The normalized spacial score (nSPS) is 13.7. The predicted molar refractivity (Wildman–Crippen MR) is 178 cm³/mol. The molecule has 258 valence electrons. The largest absolute Gasteiger partial charge is 0.472 e. The molecule has 0 aliphatic carbocycles. The third kappa shape index (κ3) is 32.7. The molecule has 2 unspecified atom stereocenters. The van der Waals surface area contributed by atoms with Crippen LogP contribution in [0.2, 0.25) is 0 Å². The van der Waals surface area contributed by atoms with Crippen molar-refractivity contribution >= 4 is 13.8 Å². The molecule has 3 N–H and O–H groups in total. The standard InChI is InChI=1S/C34H70NO7P/c1-3-5-7-9-11-12-13-14-15-16-17-18-19-20-21-22-23-25-27-34(36)42-33(32-41-43(37,38)40-30-28-35)31-39-29-26-24-10-8-6-4-2/h33H,3-32,35H2,1-2H3,(H,37,38). The Bertz CT molecular complexity index is 638. The van der Waals surface area contributed by atoms with E-state index in [1.165, 1.54) is 122 Å². The lowest BCUT2D eigenvalue weighted by Crippen LogP contribution is -2.28. The van der Waals surface area contributed by atoms with Gasteiger partial charge in [0.15, 0.2) is 0 Å². The molecule has 0 saturated carbocycles. The number of ether oxygens (including phenoxy) is 2. The SMILES string of the molecule is CCCCCCCCCCCCCCCCCCCCC(=O)OC(COCCCCCCCC)COP(=O)(O)OCCN. The highest BCUT2D eigenvalue weighted by Gasteiger charge is 2.25. The lowest BCUT2D eigenvalue weighted by molar-refractivity contribution is -0.154. The summed E-state index contributed by atoms with van der Waals surface area (Å²) in [5.41, 5.74) is 5.33. The highest BCUT2D eigenvalue weighted by molar-refractivity contribution is 7.47. The molecule has 0 aromatic carbocycles. The minimum Gasteiger partial charge on any atom is -0.457 e. The maximum atomic E-state index is 12.4. The molecule has 2 atom stereocenters. The van der Waals surface area contributed by atoms with Gasteiger partial charge < -0.3 is 20.1 Å². The second kappa shape index (κ2) is 32.9. The quantitative estimate of drug-likeness (QED) is 0.0401. The van der Waals surface area contributed by atoms with E-state index in [9.17, 15) is 14.3 Å². The van der Waals surface area contributed by atoms with E-state index in [0.717, 1.165) is 32.1 Å². The highest BCUT2D eigenvalue weighted by atomic mass is 31.2. The summed E-state index contributed by atoms with van der Waals surface area (Å²) >= 11 is 0. The Labute approximate surface area is 265 Å². The van der Waals surface area contributed by atoms with Crippen molar-refractivity contribution in [1.82, 2.24) is 0 Å². The number of unbranched alkanes of at least 4 members (excludes halogenated alkanes) is 22. The van der Waals surface area contributed by atoms with Crippen LogP contribution in [0.5, 0.6) is 0 Å². The van der Waals surface area contributed by atoms with E-state index in [4.69, 9.17) is 24.3 Å². The Hall–Kier alpha value is -0.500. The van der Waals surface area contributed by atoms with Crippen LogP contribution >= 0.6 is 7.82 Å². The van der Waals surface area contributed by atoms with Crippen molar-refractivity contribution < 1.29 is 32.8 Å². The molecule has 0 saturated heterocycles. The van der Waals surface area contributed by atoms with Crippen LogP contribution in [-0.2, 0) is 27.9 Å². The van der Waals surface area contributed by atoms with Crippen LogP contribution in [0.25, 0.3) is 0 Å². The van der Waals surface area contributed by atoms with Crippen molar-refractivity contribution in [3.05, 3.63) is 0 Å². The third-order valence-corrected chi connectivity index (χ3v) is 8.76. The van der Waals surface area contributed by atoms with Crippen molar-refractivity contribution in [2.45, 2.75) is 180 Å². The van der Waals surface area contributed by atoms with E-state index in [1.54, 1.807) is 0 Å². The average molecular weight is 636 g/mol. The number of hydrogen-bond acceptors (Lipinski definition) is 7. The maximum Gasteiger partial charge on any atom is 0.472 e. The fourth-order valence-electron chi connectivity index (χ4n) is 5.11. The van der Waals surface area contributed by atoms with Gasteiger partial charge in [-0.05, 0) is 12.8 Å². The summed E-state index contributed by atoms with van der Waals surface area (Å²) in [7, 11) is -4.25. The number of nitrogens with two attached hydrogens (primary N) is 1. The Morgan fingerprint density at radius 1 is 0.605 bits per heavy atom. The molecule has 0 rings (SSSR count). The van der Waals surface area contributed by atoms with E-state index in [-0.39, 0.29) is 32.3 Å². The van der Waals surface area contributed by atoms with Gasteiger partial charge in [-0.2, -0.15) is 0 Å². The van der Waals surface area contributed by atoms with Gasteiger partial charge in [0.2, 0.25) is 0 Å². The zero-order chi connectivity index (χ0) is 31.7. The summed E-state index contributed by atoms with van der Waals surface area (Å²) in [6.07, 6.45) is 29.9. The van der Waals surface area contributed by atoms with Crippen LogP contribution in [0.4, 0.5) is 0 Å². The topological polar surface area (TPSA) is 117 Å². The highest BCUT2D eigenvalue weighted by Crippen LogP contribution is 2.43. The summed E-state index contributed by atoms with van der Waals surface area (Å²) < 4.78 is 33.0. The molecule has 0 bridgehead atoms. The summed E-state index contributed by atoms with van der Waals surface area (Å²) in [5.74, 6) is -0.330. The minimum absolute atomic E-state index is 0.0912. The van der Waals surface area contributed by atoms with Gasteiger partial charge in [-0.15, -0.1) is 0 Å². The van der Waals surface area contributed by atoms with E-state index < -0.39 is 13.9 Å². The Kier molecular flexibility index (Phi) is 32.5. The van der Waals surface area contributed by atoms with Crippen LogP contribution < -0.4 is 5.73 Å². The van der Waals surface area contributed by atoms with Crippen LogP contribution in [0.15, 0.2) is 0 Å². The summed E-state index contributed by atoms with van der Waals surface area (Å²) in [6.45, 7) is 4.90. The number of rotatable bonds is 35. The molecule has 43 heavy (non-hydrogen) atoms. The van der Waals surface area contributed by atoms with Crippen LogP contribution in [0.3, 0.4) is 0 Å². The van der Waals surface area contributed by atoms with Crippen molar-refractivity contribution in [3.8, 4) is 0 Å². The van der Waals surface area contributed by atoms with E-state index in [1.807, 2.05) is 0 Å². The van der Waals surface area contributed by atoms with Gasteiger partial charge >= 0.3 is 13.8 Å². The lowest BCUT2D eigenvalue weighted by Gasteiger charge is -2.20. The van der Waals surface area contributed by atoms with E-state index in [2.05, 4.69) is 13.8 Å². The number of hydrogen-bond donors (Lipinski definition) is 2. The van der Waals surface area contributed by atoms with Crippen molar-refractivity contribution in [3.63, 3.8) is 0 Å². The minimum atomic E-state index is -4.25. The molecular weight excluding hydrogens is 565 g/mol. The molecule has 0 spiro atoms. The molecule has 0 radical (unpaired) electrons. The number of phosphoric ester groups is 1. The van der Waals surface area contributed by atoms with Gasteiger partial charge in [0.05, 0.1) is 19.8 Å². The van der Waals surface area contributed by atoms with E-state index >= 15 is 0 Å². The average Bonchev–Trinajstić information content (AvgIpc) is 2.99. The van der Waals surface area contributed by atoms with Gasteiger partial charge in [-0.1, -0.05) is 155 Å². The van der Waals surface area contributed by atoms with Gasteiger partial charge in [0, 0.05) is 19.6 Å². The van der Waals surface area contributed by atoms with Crippen molar-refractivity contribution in [2.24, 2.45) is 5.73 Å². The maximum absolute atomic E-state index is 12.4. The number of carbonyl (C=O) groups is 1. The summed E-state index contributed by atoms with van der Waals surface area (Å²) in [4.78, 5) is 22.2. The zero-order valence-electron chi connectivity index (χ0n) is 28.2. The monoisotopic (exact) mass is 635 g/mol. The van der Waals surface area contributed by atoms with Gasteiger partial charge in [0.1, 0.15) is 6.10 Å². The van der Waals surface area contributed by atoms with Crippen LogP contribution in [0, 0.1) is 0 Å². The van der Waals surface area contributed by atoms with Gasteiger partial charge in [-0.25, -0.2) is 4.57 Å². The molecular formula is C34H70NO7P. The second-order valence-electron chi connectivity index (χ2n) is 12.1. The molecule has 8 nitrogen and oxygen atoms in total. The smallest absolute Gasteiger partial charge is 0.457 e. The molecule has 0 aliphatic rings. The molecule has 9 heteroatoms. The molecule has 0 amide bonds. The van der Waals surface area contributed by atoms with Crippen LogP contribution in [0.1, 0.15) is 174 Å². The zero-order valence-corrected chi connectivity index (χ0v) is 29.1. The number of esters is 1. The first-order valence-electron chi connectivity index (χ1n) is 18.0. The van der Waals surface area contributed by atoms with Gasteiger partial charge in [-0.3, -0.25) is 13.8 Å². The molecule has 0 aromatic heterocycles. The molecule has 0 aromatic rings. The fraction of sp³-hybridized carbons (Fsp3) is 0.971. The molecule has 0 heterocycles. The number of carbonyl (C=O) groups excluding carboxylic acids is 1. The van der Waals surface area contributed by atoms with Crippen LogP contribution in [-0.4, -0.2) is 49.9 Å². The van der Waals surface area contributed by atoms with E-state index in [0.29, 0.717) is 13.0 Å². The predicted octanol–water partition coefficient (Wildman–Crippen LogP) is 9.80. The first-order valence-corrected chi connectivity index (χ1v) is 19.5. The first kappa shape index (κ1) is 42.5. The Morgan fingerprint density at radius 3 is 1.47 bits per heavy atom. The molecule has 0 fully saturated rings. The first-order chi connectivity index (χ1) is 20.9. The fourth-order valence-corrected chi connectivity index (χ4v) is 5.88. The lowest BCUT2D eigenvalue weighted by atomic mass is 10.0. The Morgan fingerprint density at radius 2 is 1.02 bits per heavy atom. The second-order valence-corrected chi connectivity index (χ2v) is 13.6. The Balaban J connectivity index is 3.92. The number of phosphoric acid groups is 1.